The van der Waals surface area contributed by atoms with Gasteiger partial charge in [0.05, 0.1) is 19.1 Å². The van der Waals surface area contributed by atoms with Crippen LogP contribution in [-0.2, 0) is 20.8 Å². The van der Waals surface area contributed by atoms with Gasteiger partial charge in [-0.25, -0.2) is 4.79 Å². The molecule has 2 unspecified atom stereocenters. The van der Waals surface area contributed by atoms with Crippen LogP contribution in [0.25, 0.3) is 22.1 Å². The Balaban J connectivity index is 1.52. The van der Waals surface area contributed by atoms with Crippen LogP contribution in [0.4, 0.5) is 11.4 Å². The fourth-order valence-electron chi connectivity index (χ4n) is 4.59. The average molecular weight is 564 g/mol. The van der Waals surface area contributed by atoms with E-state index in [1.807, 2.05) is 38.1 Å². The number of fused-ring (bicyclic) bond motifs is 1. The maximum Gasteiger partial charge on any atom is 0.329 e. The summed E-state index contributed by atoms with van der Waals surface area (Å²) in [6, 6.07) is 18.5. The predicted molar refractivity (Wildman–Crippen MR) is 154 cm³/mol. The number of furan rings is 1. The molecule has 1 N–H and O–H groups in total. The molecule has 1 amide bonds. The topological polar surface area (TPSA) is 121 Å². The van der Waals surface area contributed by atoms with Gasteiger partial charge < -0.3 is 23.8 Å². The lowest BCUT2D eigenvalue weighted by Gasteiger charge is -2.35. The molecule has 0 saturated heterocycles. The molecule has 3 aromatic carbocycles. The molecule has 4 aromatic rings. The summed E-state index contributed by atoms with van der Waals surface area (Å²) >= 11 is -2.69. The van der Waals surface area contributed by atoms with Gasteiger partial charge in [0.1, 0.15) is 17.4 Å². The Morgan fingerprint density at radius 1 is 1.02 bits per heavy atom. The molecule has 4 rings (SSSR count). The Kier molecular flexibility index (Phi) is 8.91. The Morgan fingerprint density at radius 2 is 1.65 bits per heavy atom. The lowest BCUT2D eigenvalue weighted by Crippen LogP contribution is -2.46. The third-order valence-corrected chi connectivity index (χ3v) is 7.27. The normalized spacial score (nSPS) is 12.7. The molecule has 0 fully saturated rings. The van der Waals surface area contributed by atoms with Gasteiger partial charge in [0.25, 0.3) is 5.91 Å². The highest BCUT2D eigenvalue weighted by atomic mass is 32.2. The van der Waals surface area contributed by atoms with Crippen molar-refractivity contribution in [2.24, 2.45) is 5.92 Å². The highest BCUT2D eigenvalue weighted by molar-refractivity contribution is 7.80. The van der Waals surface area contributed by atoms with E-state index in [9.17, 15) is 18.4 Å². The zero-order valence-electron chi connectivity index (χ0n) is 22.9. The van der Waals surface area contributed by atoms with Crippen molar-refractivity contribution in [2.75, 3.05) is 23.3 Å². The van der Waals surface area contributed by atoms with Gasteiger partial charge in [-0.3, -0.25) is 13.3 Å². The number of carbonyl (C=O) groups excluding carboxylic acids is 2. The monoisotopic (exact) mass is 563 g/mol. The number of aryl methyl sites for hydroxylation is 1. The molecular formula is C30H31N2O7S-. The van der Waals surface area contributed by atoms with Gasteiger partial charge in [-0.15, -0.1) is 0 Å². The minimum atomic E-state index is -2.69. The molecule has 0 spiro atoms. The first-order valence-electron chi connectivity index (χ1n) is 12.8. The SMILES string of the molecule is CCOc1cccc2oc(C(=O)Nc3ccc(-c4ccc(N(C(C(=O)OC)C(C)C)S(=O)[O-])cc4)cc3)c(C)c12. The lowest BCUT2D eigenvalue weighted by atomic mass is 10.0. The molecule has 0 aliphatic heterocycles. The van der Waals surface area contributed by atoms with Crippen LogP contribution in [0, 0.1) is 12.8 Å². The van der Waals surface area contributed by atoms with Crippen molar-refractivity contribution in [2.45, 2.75) is 33.7 Å². The molecule has 9 nitrogen and oxygen atoms in total. The van der Waals surface area contributed by atoms with Crippen molar-refractivity contribution in [3.05, 3.63) is 78.1 Å². The second-order valence-electron chi connectivity index (χ2n) is 9.45. The van der Waals surface area contributed by atoms with E-state index in [1.54, 1.807) is 56.3 Å². The number of hydrogen-bond donors (Lipinski definition) is 1. The number of hydrogen-bond acceptors (Lipinski definition) is 7. The molecule has 0 bridgehead atoms. The van der Waals surface area contributed by atoms with E-state index in [4.69, 9.17) is 13.9 Å². The number of ether oxygens (including phenoxy) is 2. The van der Waals surface area contributed by atoms with Gasteiger partial charge in [-0.05, 0) is 67.3 Å². The summed E-state index contributed by atoms with van der Waals surface area (Å²) in [6.07, 6.45) is 0. The van der Waals surface area contributed by atoms with E-state index in [2.05, 4.69) is 5.32 Å². The predicted octanol–water partition coefficient (Wildman–Crippen LogP) is 5.86. The Hall–Kier alpha value is -4.15. The van der Waals surface area contributed by atoms with Gasteiger partial charge in [0.15, 0.2) is 5.76 Å². The van der Waals surface area contributed by atoms with E-state index < -0.39 is 23.3 Å². The zero-order valence-corrected chi connectivity index (χ0v) is 23.7. The summed E-state index contributed by atoms with van der Waals surface area (Å²) in [5, 5.41) is 3.65. The number of methoxy groups -OCH3 is 1. The summed E-state index contributed by atoms with van der Waals surface area (Å²) < 4.78 is 41.5. The second-order valence-corrected chi connectivity index (χ2v) is 10.3. The molecule has 1 heterocycles. The largest absolute Gasteiger partial charge is 0.755 e. The minimum absolute atomic E-state index is 0.216. The molecule has 0 saturated carbocycles. The summed E-state index contributed by atoms with van der Waals surface area (Å²) in [6.45, 7) is 7.74. The van der Waals surface area contributed by atoms with E-state index in [0.717, 1.165) is 20.8 Å². The Morgan fingerprint density at radius 3 is 2.20 bits per heavy atom. The summed E-state index contributed by atoms with van der Waals surface area (Å²) in [5.74, 6) is -0.417. The number of rotatable bonds is 10. The molecule has 210 valence electrons. The molecule has 10 heteroatoms. The van der Waals surface area contributed by atoms with Crippen LogP contribution in [0.2, 0.25) is 0 Å². The van der Waals surface area contributed by atoms with Crippen molar-refractivity contribution in [3.8, 4) is 16.9 Å². The molecule has 40 heavy (non-hydrogen) atoms. The van der Waals surface area contributed by atoms with Crippen LogP contribution >= 0.6 is 0 Å². The second kappa shape index (κ2) is 12.4. The lowest BCUT2D eigenvalue weighted by molar-refractivity contribution is -0.142. The van der Waals surface area contributed by atoms with E-state index >= 15 is 0 Å². The molecular weight excluding hydrogens is 532 g/mol. The summed E-state index contributed by atoms with van der Waals surface area (Å²) in [7, 11) is 1.23. The van der Waals surface area contributed by atoms with E-state index in [-0.39, 0.29) is 17.6 Å². The van der Waals surface area contributed by atoms with Gasteiger partial charge in [0.2, 0.25) is 0 Å². The van der Waals surface area contributed by atoms with Crippen LogP contribution in [0.15, 0.2) is 71.1 Å². The Labute approximate surface area is 235 Å². The van der Waals surface area contributed by atoms with Crippen LogP contribution in [0.3, 0.4) is 0 Å². The van der Waals surface area contributed by atoms with Crippen molar-refractivity contribution < 1.29 is 32.2 Å². The molecule has 0 aliphatic carbocycles. The number of esters is 1. The molecule has 0 aliphatic rings. The minimum Gasteiger partial charge on any atom is -0.755 e. The molecule has 2 atom stereocenters. The van der Waals surface area contributed by atoms with Crippen molar-refractivity contribution in [3.63, 3.8) is 0 Å². The number of benzene rings is 3. The smallest absolute Gasteiger partial charge is 0.329 e. The van der Waals surface area contributed by atoms with Crippen LogP contribution in [0.1, 0.15) is 36.9 Å². The molecule has 1 aromatic heterocycles. The quantitative estimate of drug-likeness (QED) is 0.190. The van der Waals surface area contributed by atoms with Crippen molar-refractivity contribution in [1.82, 2.24) is 0 Å². The fourth-order valence-corrected chi connectivity index (χ4v) is 5.40. The number of nitrogens with zero attached hydrogens (tertiary/aromatic N) is 1. The highest BCUT2D eigenvalue weighted by Crippen LogP contribution is 2.34. The van der Waals surface area contributed by atoms with Gasteiger partial charge >= 0.3 is 5.97 Å². The van der Waals surface area contributed by atoms with Gasteiger partial charge in [-0.1, -0.05) is 44.2 Å². The summed E-state index contributed by atoms with van der Waals surface area (Å²) in [4.78, 5) is 25.3. The zero-order chi connectivity index (χ0) is 29.0. The maximum absolute atomic E-state index is 13.0. The highest BCUT2D eigenvalue weighted by Gasteiger charge is 2.31. The number of nitrogens with one attached hydrogen (secondary N) is 1. The number of anilines is 2. The third kappa shape index (κ3) is 5.88. The molecule has 0 radical (unpaired) electrons. The first-order chi connectivity index (χ1) is 19.2. The van der Waals surface area contributed by atoms with Gasteiger partial charge in [0, 0.05) is 28.2 Å². The van der Waals surface area contributed by atoms with Gasteiger partial charge in [-0.2, -0.15) is 0 Å². The van der Waals surface area contributed by atoms with E-state index in [1.165, 1.54) is 7.11 Å². The first kappa shape index (κ1) is 28.8. The number of amides is 1. The van der Waals surface area contributed by atoms with E-state index in [0.29, 0.717) is 34.9 Å². The first-order valence-corrected chi connectivity index (χ1v) is 13.8. The van der Waals surface area contributed by atoms with Crippen molar-refractivity contribution in [1.29, 1.82) is 0 Å². The average Bonchev–Trinajstić information content (AvgIpc) is 3.29. The standard InChI is InChI=1S/C30H32N2O7S/c1-6-38-24-8-7-9-25-26(24)19(4)28(39-25)29(33)31-22-14-10-20(11-15-22)21-12-16-23(17-13-21)32(40(35)36)27(18(2)3)30(34)37-5/h7-18,27H,6H2,1-5H3,(H,31,33)(H,35,36)/p-1. The number of carbonyl (C=O) groups is 2. The van der Waals surface area contributed by atoms with Crippen LogP contribution in [-0.4, -0.2) is 40.4 Å². The third-order valence-electron chi connectivity index (χ3n) is 6.51. The van der Waals surface area contributed by atoms with Crippen LogP contribution in [0.5, 0.6) is 5.75 Å². The Bertz CT molecular complexity index is 1530. The summed E-state index contributed by atoms with van der Waals surface area (Å²) in [5.41, 5.74) is 3.90. The van der Waals surface area contributed by atoms with Crippen LogP contribution < -0.4 is 14.4 Å². The maximum atomic E-state index is 13.0. The fraction of sp³-hybridized carbons (Fsp3) is 0.267. The van der Waals surface area contributed by atoms with Crippen molar-refractivity contribution >= 4 is 45.5 Å².